The quantitative estimate of drug-likeness (QED) is 0.765. The Morgan fingerprint density at radius 1 is 1.56 bits per heavy atom. The average Bonchev–Trinajstić information content (AvgIpc) is 2.66. The lowest BCUT2D eigenvalue weighted by atomic mass is 9.95. The maximum Gasteiger partial charge on any atom is 0.335 e. The molecule has 2 rings (SSSR count). The number of piperidine rings is 1. The molecule has 16 heavy (non-hydrogen) atoms. The molecule has 2 fully saturated rings. The zero-order valence-corrected chi connectivity index (χ0v) is 9.59. The molecular formula is C11H19NO4. The Morgan fingerprint density at radius 2 is 2.38 bits per heavy atom. The van der Waals surface area contributed by atoms with Gasteiger partial charge in [0, 0.05) is 13.0 Å². The third kappa shape index (κ3) is 2.93. The number of carboxylic acid groups (broad SMARTS) is 1. The Hall–Kier alpha value is -0.650. The number of hydrogen-bond acceptors (Lipinski definition) is 4. The van der Waals surface area contributed by atoms with Crippen LogP contribution in [-0.4, -0.2) is 55.1 Å². The lowest BCUT2D eigenvalue weighted by molar-refractivity contribution is -0.151. The highest BCUT2D eigenvalue weighted by atomic mass is 16.7. The molecule has 0 amide bonds. The van der Waals surface area contributed by atoms with Gasteiger partial charge in [0.1, 0.15) is 0 Å². The second-order valence-electron chi connectivity index (χ2n) is 4.73. The van der Waals surface area contributed by atoms with E-state index in [-0.39, 0.29) is 12.9 Å². The molecule has 2 heterocycles. The van der Waals surface area contributed by atoms with Gasteiger partial charge < -0.3 is 19.5 Å². The first kappa shape index (κ1) is 11.8. The van der Waals surface area contributed by atoms with Crippen LogP contribution in [-0.2, 0) is 14.3 Å². The fourth-order valence-corrected chi connectivity index (χ4v) is 2.45. The molecule has 0 radical (unpaired) electrons. The summed E-state index contributed by atoms with van der Waals surface area (Å²) in [6.07, 6.45) is 2.11. The van der Waals surface area contributed by atoms with Crippen molar-refractivity contribution in [2.24, 2.45) is 5.92 Å². The molecule has 3 atom stereocenters. The van der Waals surface area contributed by atoms with E-state index in [2.05, 4.69) is 11.9 Å². The van der Waals surface area contributed by atoms with Crippen LogP contribution in [0, 0.1) is 5.92 Å². The molecule has 1 N–H and O–H groups in total. The van der Waals surface area contributed by atoms with Crippen molar-refractivity contribution in [2.75, 3.05) is 26.7 Å². The highest BCUT2D eigenvalue weighted by Crippen LogP contribution is 2.24. The number of likely N-dealkylation sites (tertiary alicyclic amines) is 1. The van der Waals surface area contributed by atoms with Gasteiger partial charge in [0.25, 0.3) is 0 Å². The predicted molar refractivity (Wildman–Crippen MR) is 57.1 cm³/mol. The minimum atomic E-state index is -0.928. The monoisotopic (exact) mass is 229 g/mol. The van der Waals surface area contributed by atoms with E-state index in [1.165, 1.54) is 12.8 Å². The van der Waals surface area contributed by atoms with E-state index >= 15 is 0 Å². The second kappa shape index (κ2) is 5.12. The van der Waals surface area contributed by atoms with Gasteiger partial charge in [-0.1, -0.05) is 0 Å². The zero-order chi connectivity index (χ0) is 11.5. The van der Waals surface area contributed by atoms with E-state index in [4.69, 9.17) is 14.6 Å². The van der Waals surface area contributed by atoms with Crippen LogP contribution >= 0.6 is 0 Å². The van der Waals surface area contributed by atoms with E-state index in [9.17, 15) is 4.79 Å². The number of carbonyl (C=O) groups is 1. The Balaban J connectivity index is 1.76. The van der Waals surface area contributed by atoms with Gasteiger partial charge in [0.05, 0.1) is 6.61 Å². The summed E-state index contributed by atoms with van der Waals surface area (Å²) in [5.74, 6) is -0.362. The molecule has 92 valence electrons. The van der Waals surface area contributed by atoms with Crippen LogP contribution in [0.2, 0.25) is 0 Å². The van der Waals surface area contributed by atoms with Gasteiger partial charge in [-0.05, 0) is 32.4 Å². The molecular weight excluding hydrogens is 210 g/mol. The fourth-order valence-electron chi connectivity index (χ4n) is 2.45. The molecule has 2 aliphatic rings. The van der Waals surface area contributed by atoms with Gasteiger partial charge in [0.2, 0.25) is 0 Å². The van der Waals surface area contributed by atoms with Crippen LogP contribution in [0.1, 0.15) is 19.3 Å². The summed E-state index contributed by atoms with van der Waals surface area (Å²) < 4.78 is 10.7. The van der Waals surface area contributed by atoms with E-state index < -0.39 is 12.1 Å². The summed E-state index contributed by atoms with van der Waals surface area (Å²) in [5, 5.41) is 8.77. The summed E-state index contributed by atoms with van der Waals surface area (Å²) in [6.45, 7) is 2.39. The first-order valence-corrected chi connectivity index (χ1v) is 5.83. The summed E-state index contributed by atoms with van der Waals surface area (Å²) in [7, 11) is 2.11. The van der Waals surface area contributed by atoms with Gasteiger partial charge in [-0.3, -0.25) is 0 Å². The third-order valence-corrected chi connectivity index (χ3v) is 3.27. The highest BCUT2D eigenvalue weighted by molar-refractivity contribution is 5.72. The number of ether oxygens (including phenoxy) is 2. The summed E-state index contributed by atoms with van der Waals surface area (Å²) >= 11 is 0. The SMILES string of the molecule is CN1CCCC(CC2OCC(C(=O)O)O2)C1. The van der Waals surface area contributed by atoms with E-state index in [0.717, 1.165) is 19.5 Å². The predicted octanol–water partition coefficient (Wildman–Crippen LogP) is 0.544. The van der Waals surface area contributed by atoms with Crippen LogP contribution in [0.4, 0.5) is 0 Å². The molecule has 2 saturated heterocycles. The maximum absolute atomic E-state index is 10.7. The van der Waals surface area contributed by atoms with Crippen LogP contribution in [0.5, 0.6) is 0 Å². The largest absolute Gasteiger partial charge is 0.479 e. The number of hydrogen-bond donors (Lipinski definition) is 1. The van der Waals surface area contributed by atoms with Crippen LogP contribution < -0.4 is 0 Å². The van der Waals surface area contributed by atoms with Crippen molar-refractivity contribution in [1.29, 1.82) is 0 Å². The van der Waals surface area contributed by atoms with Gasteiger partial charge in [-0.25, -0.2) is 4.79 Å². The van der Waals surface area contributed by atoms with Crippen LogP contribution in [0.25, 0.3) is 0 Å². The molecule has 0 aliphatic carbocycles. The number of aliphatic carboxylic acids is 1. The minimum Gasteiger partial charge on any atom is -0.479 e. The molecule has 0 aromatic rings. The maximum atomic E-state index is 10.7. The highest BCUT2D eigenvalue weighted by Gasteiger charge is 2.33. The summed E-state index contributed by atoms with van der Waals surface area (Å²) in [6, 6.07) is 0. The topological polar surface area (TPSA) is 59.0 Å². The van der Waals surface area contributed by atoms with E-state index in [0.29, 0.717) is 5.92 Å². The molecule has 2 aliphatic heterocycles. The first-order valence-electron chi connectivity index (χ1n) is 5.83. The molecule has 5 heteroatoms. The van der Waals surface area contributed by atoms with Crippen molar-refractivity contribution in [1.82, 2.24) is 4.90 Å². The van der Waals surface area contributed by atoms with Crippen molar-refractivity contribution in [2.45, 2.75) is 31.7 Å². The molecule has 0 aromatic carbocycles. The average molecular weight is 229 g/mol. The molecule has 3 unspecified atom stereocenters. The van der Waals surface area contributed by atoms with Crippen LogP contribution in [0.15, 0.2) is 0 Å². The van der Waals surface area contributed by atoms with E-state index in [1.54, 1.807) is 0 Å². The van der Waals surface area contributed by atoms with Crippen molar-refractivity contribution in [3.8, 4) is 0 Å². The van der Waals surface area contributed by atoms with Crippen molar-refractivity contribution < 1.29 is 19.4 Å². The molecule has 0 spiro atoms. The second-order valence-corrected chi connectivity index (χ2v) is 4.73. The summed E-state index contributed by atoms with van der Waals surface area (Å²) in [5.41, 5.74) is 0. The fraction of sp³-hybridized carbons (Fsp3) is 0.909. The Labute approximate surface area is 95.3 Å². The minimum absolute atomic E-state index is 0.183. The smallest absolute Gasteiger partial charge is 0.335 e. The normalized spacial score (nSPS) is 36.4. The first-order chi connectivity index (χ1) is 7.65. The summed E-state index contributed by atoms with van der Waals surface area (Å²) in [4.78, 5) is 13.0. The number of rotatable bonds is 3. The Kier molecular flexibility index (Phi) is 3.78. The van der Waals surface area contributed by atoms with Gasteiger partial charge in [0.15, 0.2) is 12.4 Å². The van der Waals surface area contributed by atoms with Gasteiger partial charge in [-0.2, -0.15) is 0 Å². The third-order valence-electron chi connectivity index (χ3n) is 3.27. The van der Waals surface area contributed by atoms with Gasteiger partial charge >= 0.3 is 5.97 Å². The zero-order valence-electron chi connectivity index (χ0n) is 9.59. The molecule has 0 bridgehead atoms. The van der Waals surface area contributed by atoms with Crippen molar-refractivity contribution in [3.63, 3.8) is 0 Å². The van der Waals surface area contributed by atoms with E-state index in [1.807, 2.05) is 0 Å². The Bertz CT molecular complexity index is 258. The van der Waals surface area contributed by atoms with Crippen molar-refractivity contribution >= 4 is 5.97 Å². The molecule has 0 saturated carbocycles. The Morgan fingerprint density at radius 3 is 3.00 bits per heavy atom. The number of carboxylic acids is 1. The lowest BCUT2D eigenvalue weighted by Gasteiger charge is -2.30. The number of nitrogens with zero attached hydrogens (tertiary/aromatic N) is 1. The molecule has 0 aromatic heterocycles. The van der Waals surface area contributed by atoms with Crippen molar-refractivity contribution in [3.05, 3.63) is 0 Å². The van der Waals surface area contributed by atoms with Gasteiger partial charge in [-0.15, -0.1) is 0 Å². The molecule has 5 nitrogen and oxygen atoms in total. The standard InChI is InChI=1S/C11H19NO4/c1-12-4-2-3-8(6-12)5-10-15-7-9(16-10)11(13)14/h8-10H,2-7H2,1H3,(H,13,14). The lowest BCUT2D eigenvalue weighted by Crippen LogP contribution is -2.34. The van der Waals surface area contributed by atoms with Crippen LogP contribution in [0.3, 0.4) is 0 Å².